The molecule has 2 aromatic heterocycles. The number of benzene rings is 2. The second-order valence-electron chi connectivity index (χ2n) is 6.03. The van der Waals surface area contributed by atoms with Crippen LogP contribution in [0.5, 0.6) is 5.75 Å². The highest BCUT2D eigenvalue weighted by Gasteiger charge is 2.14. The van der Waals surface area contributed by atoms with Crippen molar-refractivity contribution in [1.29, 1.82) is 0 Å². The quantitative estimate of drug-likeness (QED) is 0.500. The van der Waals surface area contributed by atoms with Gasteiger partial charge in [0.15, 0.2) is 0 Å². The second-order valence-corrected chi connectivity index (χ2v) is 7.97. The van der Waals surface area contributed by atoms with Gasteiger partial charge in [-0.2, -0.15) is 0 Å². The third-order valence-corrected chi connectivity index (χ3v) is 6.29. The third kappa shape index (κ3) is 3.86. The summed E-state index contributed by atoms with van der Waals surface area (Å²) in [6.07, 6.45) is 2.44. The average Bonchev–Trinajstić information content (AvgIpc) is 3.35. The molecule has 4 rings (SSSR count). The molecule has 2 heterocycles. The molecule has 27 heavy (non-hydrogen) atoms. The number of hydrogen-bond donors (Lipinski definition) is 1. The first kappa shape index (κ1) is 17.7. The Balaban J connectivity index is 1.39. The molecule has 1 amide bonds. The summed E-state index contributed by atoms with van der Waals surface area (Å²) in [5, 5.41) is 7.15. The van der Waals surface area contributed by atoms with E-state index in [4.69, 9.17) is 4.74 Å². The van der Waals surface area contributed by atoms with Crippen LogP contribution in [-0.2, 0) is 6.42 Å². The second kappa shape index (κ2) is 7.90. The van der Waals surface area contributed by atoms with Crippen molar-refractivity contribution in [2.45, 2.75) is 6.42 Å². The number of rotatable bonds is 6. The van der Waals surface area contributed by atoms with Crippen molar-refractivity contribution >= 4 is 38.7 Å². The molecule has 6 heteroatoms. The van der Waals surface area contributed by atoms with Gasteiger partial charge in [-0.3, -0.25) is 4.79 Å². The fraction of sp³-hybridized carbons (Fsp3) is 0.143. The first-order chi connectivity index (χ1) is 13.2. The molecule has 0 saturated heterocycles. The third-order valence-electron chi connectivity index (χ3n) is 4.30. The number of amides is 1. The summed E-state index contributed by atoms with van der Waals surface area (Å²) >= 11 is 3.13. The Hall–Kier alpha value is -2.70. The predicted molar refractivity (Wildman–Crippen MR) is 112 cm³/mol. The molecule has 0 fully saturated rings. The monoisotopic (exact) mass is 394 g/mol. The Labute approximate surface area is 165 Å². The van der Waals surface area contributed by atoms with Crippen LogP contribution in [-0.4, -0.2) is 24.5 Å². The first-order valence-electron chi connectivity index (χ1n) is 8.58. The van der Waals surface area contributed by atoms with Crippen molar-refractivity contribution in [3.05, 3.63) is 70.5 Å². The van der Waals surface area contributed by atoms with E-state index in [-0.39, 0.29) is 5.91 Å². The minimum Gasteiger partial charge on any atom is -0.497 e. The Morgan fingerprint density at radius 2 is 1.96 bits per heavy atom. The highest BCUT2D eigenvalue weighted by molar-refractivity contribution is 7.19. The molecule has 0 atom stereocenters. The van der Waals surface area contributed by atoms with Crippen LogP contribution in [0.15, 0.2) is 60.1 Å². The van der Waals surface area contributed by atoms with E-state index in [2.05, 4.69) is 27.8 Å². The first-order valence-corrected chi connectivity index (χ1v) is 10.3. The van der Waals surface area contributed by atoms with Gasteiger partial charge < -0.3 is 10.1 Å². The van der Waals surface area contributed by atoms with E-state index in [1.54, 1.807) is 24.6 Å². The summed E-state index contributed by atoms with van der Waals surface area (Å²) in [5.41, 5.74) is 2.25. The molecule has 1 N–H and O–H groups in total. The Morgan fingerprint density at radius 3 is 2.78 bits per heavy atom. The van der Waals surface area contributed by atoms with Gasteiger partial charge in [-0.15, -0.1) is 22.7 Å². The molecule has 0 saturated carbocycles. The molecule has 2 aromatic carbocycles. The smallest absolute Gasteiger partial charge is 0.263 e. The lowest BCUT2D eigenvalue weighted by Crippen LogP contribution is -2.24. The molecule has 0 aliphatic carbocycles. The number of nitrogens with zero attached hydrogens (tertiary/aromatic N) is 1. The number of ether oxygens (including phenoxy) is 1. The number of methoxy groups -OCH3 is 1. The topological polar surface area (TPSA) is 51.2 Å². The van der Waals surface area contributed by atoms with Gasteiger partial charge in [0.1, 0.15) is 15.6 Å². The van der Waals surface area contributed by atoms with Gasteiger partial charge in [0.2, 0.25) is 0 Å². The van der Waals surface area contributed by atoms with Crippen molar-refractivity contribution in [3.8, 4) is 16.3 Å². The van der Waals surface area contributed by atoms with Crippen LogP contribution in [0.1, 0.15) is 15.2 Å². The van der Waals surface area contributed by atoms with E-state index >= 15 is 0 Å². The number of thiazole rings is 1. The van der Waals surface area contributed by atoms with Crippen LogP contribution in [0.3, 0.4) is 0 Å². The molecule has 0 aliphatic rings. The predicted octanol–water partition coefficient (Wildman–Crippen LogP) is 5.01. The summed E-state index contributed by atoms with van der Waals surface area (Å²) in [6, 6.07) is 16.1. The number of hydrogen-bond acceptors (Lipinski definition) is 5. The zero-order valence-corrected chi connectivity index (χ0v) is 16.4. The van der Waals surface area contributed by atoms with E-state index < -0.39 is 0 Å². The average molecular weight is 395 g/mol. The molecule has 4 nitrogen and oxygen atoms in total. The fourth-order valence-corrected chi connectivity index (χ4v) is 4.73. The summed E-state index contributed by atoms with van der Waals surface area (Å²) in [7, 11) is 1.65. The van der Waals surface area contributed by atoms with E-state index in [0.717, 1.165) is 28.3 Å². The molecule has 0 unspecified atom stereocenters. The van der Waals surface area contributed by atoms with E-state index in [1.165, 1.54) is 21.4 Å². The van der Waals surface area contributed by atoms with Crippen LogP contribution >= 0.6 is 22.7 Å². The van der Waals surface area contributed by atoms with Gasteiger partial charge in [0, 0.05) is 27.6 Å². The number of nitrogens with one attached hydrogen (secondary N) is 1. The highest BCUT2D eigenvalue weighted by atomic mass is 32.1. The van der Waals surface area contributed by atoms with Gasteiger partial charge in [0.05, 0.1) is 13.3 Å². The number of aromatic nitrogens is 1. The van der Waals surface area contributed by atoms with E-state index in [1.807, 2.05) is 36.4 Å². The summed E-state index contributed by atoms with van der Waals surface area (Å²) in [5.74, 6) is 0.757. The van der Waals surface area contributed by atoms with Gasteiger partial charge in [-0.25, -0.2) is 4.98 Å². The SMILES string of the molecule is COc1ccc(CCNC(=O)c2cnc(-c3csc4ccccc34)s2)cc1. The minimum absolute atomic E-state index is 0.0770. The highest BCUT2D eigenvalue weighted by Crippen LogP contribution is 2.35. The molecule has 136 valence electrons. The molecule has 0 bridgehead atoms. The van der Waals surface area contributed by atoms with Crippen molar-refractivity contribution in [3.63, 3.8) is 0 Å². The fourth-order valence-electron chi connectivity index (χ4n) is 2.85. The molecular formula is C21H18N2O2S2. The maximum atomic E-state index is 12.4. The summed E-state index contributed by atoms with van der Waals surface area (Å²) in [6.45, 7) is 0.583. The molecule has 4 aromatic rings. The van der Waals surface area contributed by atoms with E-state index in [0.29, 0.717) is 11.4 Å². The Morgan fingerprint density at radius 1 is 1.15 bits per heavy atom. The van der Waals surface area contributed by atoms with Crippen LogP contribution in [0.25, 0.3) is 20.7 Å². The number of thiophene rings is 1. The molecule has 0 aliphatic heterocycles. The van der Waals surface area contributed by atoms with Crippen LogP contribution in [0.4, 0.5) is 0 Å². The van der Waals surface area contributed by atoms with Crippen LogP contribution in [0, 0.1) is 0 Å². The summed E-state index contributed by atoms with van der Waals surface area (Å²) in [4.78, 5) is 17.5. The lowest BCUT2D eigenvalue weighted by atomic mass is 10.1. The van der Waals surface area contributed by atoms with E-state index in [9.17, 15) is 4.79 Å². The molecular weight excluding hydrogens is 376 g/mol. The number of carbonyl (C=O) groups excluding carboxylic acids is 1. The standard InChI is InChI=1S/C21H18N2O2S2/c1-25-15-8-6-14(7-9-15)10-11-22-20(24)19-12-23-21(27-19)17-13-26-18-5-3-2-4-16(17)18/h2-9,12-13H,10-11H2,1H3,(H,22,24). The van der Waals surface area contributed by atoms with Crippen molar-refractivity contribution in [1.82, 2.24) is 10.3 Å². The molecule has 0 spiro atoms. The largest absolute Gasteiger partial charge is 0.497 e. The van der Waals surface area contributed by atoms with Gasteiger partial charge >= 0.3 is 0 Å². The lowest BCUT2D eigenvalue weighted by Gasteiger charge is -2.05. The zero-order valence-electron chi connectivity index (χ0n) is 14.8. The van der Waals surface area contributed by atoms with Crippen molar-refractivity contribution < 1.29 is 9.53 Å². The van der Waals surface area contributed by atoms with Crippen LogP contribution < -0.4 is 10.1 Å². The number of carbonyl (C=O) groups is 1. The number of fused-ring (bicyclic) bond motifs is 1. The summed E-state index contributed by atoms with van der Waals surface area (Å²) < 4.78 is 6.38. The Bertz CT molecular complexity index is 1070. The van der Waals surface area contributed by atoms with Crippen molar-refractivity contribution in [2.75, 3.05) is 13.7 Å². The zero-order chi connectivity index (χ0) is 18.6. The Kier molecular flexibility index (Phi) is 5.18. The van der Waals surface area contributed by atoms with Gasteiger partial charge in [0.25, 0.3) is 5.91 Å². The van der Waals surface area contributed by atoms with Crippen molar-refractivity contribution in [2.24, 2.45) is 0 Å². The maximum Gasteiger partial charge on any atom is 0.263 e. The minimum atomic E-state index is -0.0770. The lowest BCUT2D eigenvalue weighted by molar-refractivity contribution is 0.0958. The molecule has 0 radical (unpaired) electrons. The maximum absolute atomic E-state index is 12.4. The normalized spacial score (nSPS) is 10.9. The van der Waals surface area contributed by atoms with Crippen LogP contribution in [0.2, 0.25) is 0 Å². The van der Waals surface area contributed by atoms with Gasteiger partial charge in [-0.05, 0) is 30.2 Å². The van der Waals surface area contributed by atoms with Gasteiger partial charge in [-0.1, -0.05) is 30.3 Å².